The molecule has 114 valence electrons. The van der Waals surface area contributed by atoms with E-state index < -0.39 is 15.8 Å². The van der Waals surface area contributed by atoms with Crippen LogP contribution in [0, 0.1) is 11.2 Å². The van der Waals surface area contributed by atoms with Crippen molar-refractivity contribution in [1.82, 2.24) is 4.72 Å². The van der Waals surface area contributed by atoms with E-state index in [1.54, 1.807) is 0 Å². The first kappa shape index (κ1) is 17.4. The fourth-order valence-corrected chi connectivity index (χ4v) is 3.45. The van der Waals surface area contributed by atoms with Crippen LogP contribution in [-0.2, 0) is 10.0 Å². The molecule has 20 heavy (non-hydrogen) atoms. The predicted octanol–water partition coefficient (Wildman–Crippen LogP) is 2.56. The minimum Gasteiger partial charge on any atom is -0.396 e. The number of hydrogen-bond acceptors (Lipinski definition) is 3. The first-order valence-corrected chi connectivity index (χ1v) is 8.10. The lowest BCUT2D eigenvalue weighted by Gasteiger charge is -2.24. The van der Waals surface area contributed by atoms with Gasteiger partial charge in [0.25, 0.3) is 0 Å². The van der Waals surface area contributed by atoms with Gasteiger partial charge < -0.3 is 5.11 Å². The quantitative estimate of drug-likeness (QED) is 0.810. The predicted molar refractivity (Wildman–Crippen MR) is 76.7 cm³/mol. The van der Waals surface area contributed by atoms with E-state index >= 15 is 0 Å². The molecule has 0 heterocycles. The highest BCUT2D eigenvalue weighted by Gasteiger charge is 2.24. The molecule has 0 aliphatic rings. The van der Waals surface area contributed by atoms with Crippen molar-refractivity contribution in [1.29, 1.82) is 0 Å². The number of sulfonamides is 1. The Morgan fingerprint density at radius 1 is 1.40 bits per heavy atom. The Bertz CT molecular complexity index is 561. The van der Waals surface area contributed by atoms with E-state index in [2.05, 4.69) is 4.72 Å². The van der Waals surface area contributed by atoms with Crippen molar-refractivity contribution in [3.05, 3.63) is 29.0 Å². The molecule has 0 aliphatic carbocycles. The maximum absolute atomic E-state index is 13.1. The van der Waals surface area contributed by atoms with E-state index in [0.29, 0.717) is 12.8 Å². The molecule has 0 amide bonds. The van der Waals surface area contributed by atoms with Gasteiger partial charge >= 0.3 is 0 Å². The summed E-state index contributed by atoms with van der Waals surface area (Å²) in [5, 5.41) is 8.78. The Morgan fingerprint density at radius 2 is 2.05 bits per heavy atom. The molecule has 0 bridgehead atoms. The number of benzene rings is 1. The van der Waals surface area contributed by atoms with Crippen molar-refractivity contribution in [2.24, 2.45) is 5.41 Å². The molecule has 0 saturated heterocycles. The van der Waals surface area contributed by atoms with E-state index in [0.717, 1.165) is 12.1 Å². The van der Waals surface area contributed by atoms with Gasteiger partial charge in [-0.05, 0) is 36.5 Å². The van der Waals surface area contributed by atoms with Gasteiger partial charge in [0.2, 0.25) is 10.0 Å². The minimum atomic E-state index is -3.86. The molecule has 0 aliphatic heterocycles. The van der Waals surface area contributed by atoms with Crippen LogP contribution in [0.2, 0.25) is 5.02 Å². The summed E-state index contributed by atoms with van der Waals surface area (Å²) in [5.41, 5.74) is -0.310. The lowest BCUT2D eigenvalue weighted by molar-refractivity contribution is 0.242. The average Bonchev–Trinajstić information content (AvgIpc) is 2.37. The smallest absolute Gasteiger partial charge is 0.242 e. The second-order valence-electron chi connectivity index (χ2n) is 5.39. The molecule has 0 aromatic heterocycles. The highest BCUT2D eigenvalue weighted by Crippen LogP contribution is 2.25. The van der Waals surface area contributed by atoms with Crippen LogP contribution in [0.3, 0.4) is 0 Å². The third-order valence-electron chi connectivity index (χ3n) is 2.94. The van der Waals surface area contributed by atoms with Crippen molar-refractivity contribution >= 4 is 21.6 Å². The van der Waals surface area contributed by atoms with Crippen molar-refractivity contribution in [2.45, 2.75) is 31.6 Å². The highest BCUT2D eigenvalue weighted by atomic mass is 35.5. The van der Waals surface area contributed by atoms with Gasteiger partial charge in [-0.2, -0.15) is 0 Å². The van der Waals surface area contributed by atoms with Crippen molar-refractivity contribution in [2.75, 3.05) is 13.2 Å². The third kappa shape index (κ3) is 5.01. The molecule has 0 atom stereocenters. The molecule has 0 fully saturated rings. The molecule has 7 heteroatoms. The van der Waals surface area contributed by atoms with Crippen molar-refractivity contribution < 1.29 is 17.9 Å². The average molecular weight is 324 g/mol. The van der Waals surface area contributed by atoms with Crippen LogP contribution < -0.4 is 4.72 Å². The Balaban J connectivity index is 2.83. The van der Waals surface area contributed by atoms with Gasteiger partial charge in [0, 0.05) is 13.2 Å². The molecule has 0 unspecified atom stereocenters. The maximum atomic E-state index is 13.1. The summed E-state index contributed by atoms with van der Waals surface area (Å²) in [7, 11) is -3.86. The van der Waals surface area contributed by atoms with Crippen LogP contribution in [0.1, 0.15) is 26.7 Å². The number of rotatable bonds is 7. The molecule has 0 spiro atoms. The van der Waals surface area contributed by atoms with Gasteiger partial charge in [-0.3, -0.25) is 0 Å². The summed E-state index contributed by atoms with van der Waals surface area (Å²) in [4.78, 5) is -0.267. The van der Waals surface area contributed by atoms with Crippen LogP contribution in [0.5, 0.6) is 0 Å². The number of nitrogens with one attached hydrogen (secondary N) is 1. The number of aliphatic hydroxyl groups is 1. The zero-order chi connectivity index (χ0) is 15.4. The molecule has 2 N–H and O–H groups in total. The van der Waals surface area contributed by atoms with E-state index in [-0.39, 0.29) is 28.5 Å². The summed E-state index contributed by atoms with van der Waals surface area (Å²) in [6.45, 7) is 4.02. The topological polar surface area (TPSA) is 66.4 Å². The van der Waals surface area contributed by atoms with Crippen LogP contribution in [0.15, 0.2) is 23.1 Å². The lowest BCUT2D eigenvalue weighted by Crippen LogP contribution is -2.34. The standard InChI is InChI=1S/C13H19ClFNO3S/c1-13(2,6-3-7-17)9-16-20(18,19)12-8-10(15)4-5-11(12)14/h4-5,8,16-17H,3,6-7,9H2,1-2H3. The molecule has 1 rings (SSSR count). The van der Waals surface area contributed by atoms with Gasteiger partial charge in [0.05, 0.1) is 5.02 Å². The molecular weight excluding hydrogens is 305 g/mol. The van der Waals surface area contributed by atoms with Gasteiger partial charge in [-0.25, -0.2) is 17.5 Å². The molecule has 0 radical (unpaired) electrons. The highest BCUT2D eigenvalue weighted by molar-refractivity contribution is 7.89. The van der Waals surface area contributed by atoms with Gasteiger partial charge in [0.15, 0.2) is 0 Å². The van der Waals surface area contributed by atoms with E-state index in [1.165, 1.54) is 6.07 Å². The van der Waals surface area contributed by atoms with Gasteiger partial charge in [-0.1, -0.05) is 25.4 Å². The largest absolute Gasteiger partial charge is 0.396 e. The van der Waals surface area contributed by atoms with Crippen LogP contribution in [0.25, 0.3) is 0 Å². The fourth-order valence-electron chi connectivity index (χ4n) is 1.70. The van der Waals surface area contributed by atoms with Crippen LogP contribution in [0.4, 0.5) is 4.39 Å². The van der Waals surface area contributed by atoms with Crippen molar-refractivity contribution in [3.63, 3.8) is 0 Å². The third-order valence-corrected chi connectivity index (χ3v) is 4.82. The van der Waals surface area contributed by atoms with Gasteiger partial charge in [0.1, 0.15) is 10.7 Å². The Kier molecular flexibility index (Phi) is 5.94. The van der Waals surface area contributed by atoms with E-state index in [4.69, 9.17) is 16.7 Å². The maximum Gasteiger partial charge on any atom is 0.242 e. The first-order valence-electron chi connectivity index (χ1n) is 6.23. The summed E-state index contributed by atoms with van der Waals surface area (Å²) in [6, 6.07) is 3.21. The number of halogens is 2. The first-order chi connectivity index (χ1) is 9.18. The normalized spacial score (nSPS) is 12.7. The van der Waals surface area contributed by atoms with Crippen LogP contribution in [-0.4, -0.2) is 26.7 Å². The lowest BCUT2D eigenvalue weighted by atomic mass is 9.88. The summed E-state index contributed by atoms with van der Waals surface area (Å²) in [6.07, 6.45) is 1.26. The van der Waals surface area contributed by atoms with E-state index in [9.17, 15) is 12.8 Å². The fraction of sp³-hybridized carbons (Fsp3) is 0.538. The molecule has 0 saturated carbocycles. The molecule has 1 aromatic carbocycles. The van der Waals surface area contributed by atoms with Gasteiger partial charge in [-0.15, -0.1) is 0 Å². The van der Waals surface area contributed by atoms with Crippen molar-refractivity contribution in [3.8, 4) is 0 Å². The minimum absolute atomic E-state index is 0.0212. The van der Waals surface area contributed by atoms with E-state index in [1.807, 2.05) is 13.8 Å². The Morgan fingerprint density at radius 3 is 2.65 bits per heavy atom. The second kappa shape index (κ2) is 6.85. The summed E-state index contributed by atoms with van der Waals surface area (Å²) < 4.78 is 39.8. The monoisotopic (exact) mass is 323 g/mol. The Labute approximate surface area is 124 Å². The zero-order valence-electron chi connectivity index (χ0n) is 11.5. The summed E-state index contributed by atoms with van der Waals surface area (Å²) in [5.74, 6) is -0.658. The molecule has 1 aromatic rings. The zero-order valence-corrected chi connectivity index (χ0v) is 13.1. The molecular formula is C13H19ClFNO3S. The number of hydrogen-bond donors (Lipinski definition) is 2. The Hall–Kier alpha value is -0.690. The SMILES string of the molecule is CC(C)(CCCO)CNS(=O)(=O)c1cc(F)ccc1Cl. The number of aliphatic hydroxyl groups excluding tert-OH is 1. The summed E-state index contributed by atoms with van der Waals surface area (Å²) >= 11 is 5.80. The second-order valence-corrected chi connectivity index (χ2v) is 7.53. The van der Waals surface area contributed by atoms with Crippen LogP contribution >= 0.6 is 11.6 Å². The molecule has 4 nitrogen and oxygen atoms in total.